The first-order valence-electron chi connectivity index (χ1n) is 10.7. The van der Waals surface area contributed by atoms with Crippen LogP contribution in [0.15, 0.2) is 33.9 Å². The van der Waals surface area contributed by atoms with Gasteiger partial charge in [0.05, 0.1) is 6.54 Å². The molecule has 0 amide bonds. The molecule has 1 aromatic carbocycles. The van der Waals surface area contributed by atoms with Crippen LogP contribution in [0.2, 0.25) is 0 Å². The van der Waals surface area contributed by atoms with Gasteiger partial charge in [0.25, 0.3) is 5.56 Å². The molecule has 0 spiro atoms. The number of aryl methyl sites for hydroxylation is 1. The van der Waals surface area contributed by atoms with Gasteiger partial charge < -0.3 is 4.90 Å². The molecule has 31 heavy (non-hydrogen) atoms. The van der Waals surface area contributed by atoms with Gasteiger partial charge in [0.15, 0.2) is 11.2 Å². The summed E-state index contributed by atoms with van der Waals surface area (Å²) in [5, 5.41) is 0. The van der Waals surface area contributed by atoms with Gasteiger partial charge in [0, 0.05) is 33.2 Å². The van der Waals surface area contributed by atoms with Gasteiger partial charge >= 0.3 is 5.69 Å². The normalized spacial score (nSPS) is 15.3. The van der Waals surface area contributed by atoms with Crippen molar-refractivity contribution in [1.82, 2.24) is 24.0 Å². The molecule has 0 aliphatic carbocycles. The number of fused-ring (bicyclic) bond motifs is 1. The Morgan fingerprint density at radius 1 is 1.10 bits per heavy atom. The number of aromatic amines is 1. The Kier molecular flexibility index (Phi) is 5.95. The van der Waals surface area contributed by atoms with E-state index < -0.39 is 11.2 Å². The van der Waals surface area contributed by atoms with Crippen LogP contribution in [0.25, 0.3) is 11.2 Å². The lowest BCUT2D eigenvalue weighted by molar-refractivity contribution is 0.242. The van der Waals surface area contributed by atoms with Crippen molar-refractivity contribution in [3.63, 3.8) is 0 Å². The first-order valence-corrected chi connectivity index (χ1v) is 10.7. The molecule has 8 nitrogen and oxygen atoms in total. The van der Waals surface area contributed by atoms with Crippen LogP contribution in [0.4, 0.5) is 10.3 Å². The molecular weight excluding hydrogens is 399 g/mol. The van der Waals surface area contributed by atoms with Crippen molar-refractivity contribution in [3.05, 3.63) is 56.5 Å². The van der Waals surface area contributed by atoms with E-state index in [9.17, 15) is 14.0 Å². The Morgan fingerprint density at radius 3 is 2.42 bits per heavy atom. The molecule has 3 heterocycles. The van der Waals surface area contributed by atoms with E-state index in [1.54, 1.807) is 19.2 Å². The van der Waals surface area contributed by atoms with Gasteiger partial charge in [0.2, 0.25) is 5.95 Å². The predicted molar refractivity (Wildman–Crippen MR) is 119 cm³/mol. The standard InChI is InChI=1S/C22H29FN6O2/c1-15(2)8-9-27-10-12-28(13-11-27)21-24-19-18(20(30)25-22(31)26(19)3)29(21)14-16-4-6-17(23)7-5-16/h4-7,15H,8-14H2,1-3H3,(H,25,30,31). The van der Waals surface area contributed by atoms with Gasteiger partial charge in [-0.25, -0.2) is 9.18 Å². The number of hydrogen-bond donors (Lipinski definition) is 1. The fraction of sp³-hybridized carbons (Fsp3) is 0.500. The summed E-state index contributed by atoms with van der Waals surface area (Å²) in [6, 6.07) is 6.21. The molecule has 0 radical (unpaired) electrons. The van der Waals surface area contributed by atoms with Crippen LogP contribution in [-0.2, 0) is 13.6 Å². The van der Waals surface area contributed by atoms with Crippen LogP contribution >= 0.6 is 0 Å². The summed E-state index contributed by atoms with van der Waals surface area (Å²) in [6.45, 7) is 9.31. The summed E-state index contributed by atoms with van der Waals surface area (Å²) >= 11 is 0. The Bertz CT molecular complexity index is 1170. The summed E-state index contributed by atoms with van der Waals surface area (Å²) < 4.78 is 16.6. The van der Waals surface area contributed by atoms with E-state index in [1.807, 2.05) is 4.57 Å². The first kappa shape index (κ1) is 21.3. The largest absolute Gasteiger partial charge is 0.340 e. The van der Waals surface area contributed by atoms with Gasteiger partial charge in [-0.1, -0.05) is 26.0 Å². The second-order valence-corrected chi connectivity index (χ2v) is 8.63. The second-order valence-electron chi connectivity index (χ2n) is 8.63. The highest BCUT2D eigenvalue weighted by atomic mass is 19.1. The third-order valence-electron chi connectivity index (χ3n) is 5.92. The number of piperazine rings is 1. The number of rotatable bonds is 6. The topological polar surface area (TPSA) is 79.2 Å². The molecule has 4 rings (SSSR count). The second kappa shape index (κ2) is 8.66. The number of H-pyrrole nitrogens is 1. The van der Waals surface area contributed by atoms with Crippen molar-refractivity contribution in [1.29, 1.82) is 0 Å². The highest BCUT2D eigenvalue weighted by Crippen LogP contribution is 2.23. The molecular formula is C22H29FN6O2. The zero-order chi connectivity index (χ0) is 22.1. The van der Waals surface area contributed by atoms with Gasteiger partial charge in [0.1, 0.15) is 5.82 Å². The number of hydrogen-bond acceptors (Lipinski definition) is 5. The van der Waals surface area contributed by atoms with E-state index in [2.05, 4.69) is 28.6 Å². The predicted octanol–water partition coefficient (Wildman–Crippen LogP) is 1.78. The fourth-order valence-corrected chi connectivity index (χ4v) is 4.00. The molecule has 1 fully saturated rings. The van der Waals surface area contributed by atoms with Gasteiger partial charge in [-0.2, -0.15) is 4.98 Å². The average molecular weight is 429 g/mol. The summed E-state index contributed by atoms with van der Waals surface area (Å²) in [6.07, 6.45) is 1.17. The quantitative estimate of drug-likeness (QED) is 0.648. The van der Waals surface area contributed by atoms with E-state index >= 15 is 0 Å². The van der Waals surface area contributed by atoms with Crippen LogP contribution in [0.5, 0.6) is 0 Å². The van der Waals surface area contributed by atoms with E-state index in [4.69, 9.17) is 4.98 Å². The molecule has 0 saturated carbocycles. The lowest BCUT2D eigenvalue weighted by atomic mass is 10.1. The fourth-order valence-electron chi connectivity index (χ4n) is 4.00. The first-order chi connectivity index (χ1) is 14.8. The third kappa shape index (κ3) is 4.41. The zero-order valence-electron chi connectivity index (χ0n) is 18.3. The highest BCUT2D eigenvalue weighted by molar-refractivity contribution is 5.74. The van der Waals surface area contributed by atoms with Gasteiger partial charge in [-0.3, -0.25) is 23.8 Å². The number of nitrogens with one attached hydrogen (secondary N) is 1. The minimum atomic E-state index is -0.492. The lowest BCUT2D eigenvalue weighted by Gasteiger charge is -2.35. The lowest BCUT2D eigenvalue weighted by Crippen LogP contribution is -2.47. The van der Waals surface area contributed by atoms with E-state index in [0.717, 1.165) is 38.3 Å². The monoisotopic (exact) mass is 428 g/mol. The number of aromatic nitrogens is 4. The average Bonchev–Trinajstić information content (AvgIpc) is 3.12. The smallest absolute Gasteiger partial charge is 0.329 e. The molecule has 3 aromatic rings. The van der Waals surface area contributed by atoms with Crippen molar-refractivity contribution >= 4 is 17.1 Å². The maximum absolute atomic E-state index is 13.4. The van der Waals surface area contributed by atoms with E-state index in [1.165, 1.54) is 23.1 Å². The molecule has 0 unspecified atom stereocenters. The summed E-state index contributed by atoms with van der Waals surface area (Å²) in [5.41, 5.74) is 0.603. The van der Waals surface area contributed by atoms with Crippen LogP contribution in [-0.4, -0.2) is 56.7 Å². The van der Waals surface area contributed by atoms with Crippen molar-refractivity contribution < 1.29 is 4.39 Å². The number of benzene rings is 1. The Morgan fingerprint density at radius 2 is 1.77 bits per heavy atom. The van der Waals surface area contributed by atoms with Gasteiger partial charge in [-0.05, 0) is 36.6 Å². The van der Waals surface area contributed by atoms with Crippen LogP contribution in [0.3, 0.4) is 0 Å². The minimum Gasteiger partial charge on any atom is -0.340 e. The highest BCUT2D eigenvalue weighted by Gasteiger charge is 2.25. The molecule has 1 N–H and O–H groups in total. The number of nitrogens with zero attached hydrogens (tertiary/aromatic N) is 5. The van der Waals surface area contributed by atoms with Gasteiger partial charge in [-0.15, -0.1) is 0 Å². The molecule has 0 bridgehead atoms. The van der Waals surface area contributed by atoms with Crippen molar-refractivity contribution in [2.45, 2.75) is 26.8 Å². The summed E-state index contributed by atoms with van der Waals surface area (Å²) in [5.74, 6) is 1.03. The Balaban J connectivity index is 1.70. The Labute approximate surface area is 179 Å². The van der Waals surface area contributed by atoms with Crippen LogP contribution in [0.1, 0.15) is 25.8 Å². The maximum atomic E-state index is 13.4. The summed E-state index contributed by atoms with van der Waals surface area (Å²) in [7, 11) is 1.60. The molecule has 1 aliphatic heterocycles. The number of halogens is 1. The maximum Gasteiger partial charge on any atom is 0.329 e. The van der Waals surface area contributed by atoms with Crippen LogP contribution < -0.4 is 16.1 Å². The molecule has 0 atom stereocenters. The molecule has 2 aromatic heterocycles. The number of anilines is 1. The molecule has 1 saturated heterocycles. The van der Waals surface area contributed by atoms with Crippen molar-refractivity contribution in [2.75, 3.05) is 37.6 Å². The number of imidazole rings is 1. The van der Waals surface area contributed by atoms with E-state index in [-0.39, 0.29) is 5.82 Å². The molecule has 9 heteroatoms. The third-order valence-corrected chi connectivity index (χ3v) is 5.92. The van der Waals surface area contributed by atoms with Crippen molar-refractivity contribution in [3.8, 4) is 0 Å². The zero-order valence-corrected chi connectivity index (χ0v) is 18.3. The van der Waals surface area contributed by atoms with E-state index in [0.29, 0.717) is 29.6 Å². The Hall–Kier alpha value is -2.94. The van der Waals surface area contributed by atoms with Crippen LogP contribution in [0, 0.1) is 11.7 Å². The molecule has 166 valence electrons. The minimum absolute atomic E-state index is 0.308. The summed E-state index contributed by atoms with van der Waals surface area (Å²) in [4.78, 5) is 36.5. The SMILES string of the molecule is CC(C)CCN1CCN(c2nc3c(c(=O)[nH]c(=O)n3C)n2Cc2ccc(F)cc2)CC1. The van der Waals surface area contributed by atoms with Crippen molar-refractivity contribution in [2.24, 2.45) is 13.0 Å². The molecule has 1 aliphatic rings.